The number of hydrogen-bond donors (Lipinski definition) is 1. The fraction of sp³-hybridized carbons (Fsp3) is 0.409. The van der Waals surface area contributed by atoms with Gasteiger partial charge in [0.05, 0.1) is 33.0 Å². The zero-order chi connectivity index (χ0) is 20.5. The smallest absolute Gasteiger partial charge is 0.252 e. The first-order valence-electron chi connectivity index (χ1n) is 9.55. The number of carbonyl (C=O) groups excluding carboxylic acids is 1. The molecule has 0 spiro atoms. The van der Waals surface area contributed by atoms with Gasteiger partial charge in [0.2, 0.25) is 5.75 Å². The van der Waals surface area contributed by atoms with E-state index in [1.807, 2.05) is 52.0 Å². The van der Waals surface area contributed by atoms with E-state index in [0.29, 0.717) is 42.6 Å². The van der Waals surface area contributed by atoms with Gasteiger partial charge >= 0.3 is 0 Å². The highest BCUT2D eigenvalue weighted by molar-refractivity contribution is 5.96. The van der Waals surface area contributed by atoms with Gasteiger partial charge < -0.3 is 24.3 Å². The number of benzene rings is 2. The number of carbonyl (C=O) groups is 1. The molecule has 0 heterocycles. The maximum Gasteiger partial charge on any atom is 0.252 e. The van der Waals surface area contributed by atoms with Crippen LogP contribution in [0, 0.1) is 0 Å². The molecule has 1 amide bonds. The molecule has 0 bridgehead atoms. The van der Waals surface area contributed by atoms with Crippen LogP contribution in [-0.2, 0) is 0 Å². The predicted molar refractivity (Wildman–Crippen MR) is 109 cm³/mol. The SMILES string of the molecule is CCOc1cc(C(=O)N[C@@H](C)c2ccccc2OC)cc(OCC)c1OCC. The van der Waals surface area contributed by atoms with Gasteiger partial charge in [-0.05, 0) is 45.9 Å². The quantitative estimate of drug-likeness (QED) is 0.655. The second kappa shape index (κ2) is 10.4. The molecule has 0 radical (unpaired) electrons. The van der Waals surface area contributed by atoms with Crippen LogP contribution in [0.15, 0.2) is 36.4 Å². The summed E-state index contributed by atoms with van der Waals surface area (Å²) in [6, 6.07) is 10.7. The van der Waals surface area contributed by atoms with Gasteiger partial charge in [-0.3, -0.25) is 4.79 Å². The van der Waals surface area contributed by atoms with Crippen molar-refractivity contribution in [2.45, 2.75) is 33.7 Å². The average Bonchev–Trinajstić information content (AvgIpc) is 2.70. The third kappa shape index (κ3) is 5.09. The molecule has 0 unspecified atom stereocenters. The Morgan fingerprint density at radius 3 is 2.04 bits per heavy atom. The molecule has 0 aromatic heterocycles. The molecule has 1 N–H and O–H groups in total. The van der Waals surface area contributed by atoms with E-state index in [4.69, 9.17) is 18.9 Å². The van der Waals surface area contributed by atoms with Crippen molar-refractivity contribution in [2.24, 2.45) is 0 Å². The van der Waals surface area contributed by atoms with Crippen LogP contribution in [0.25, 0.3) is 0 Å². The first-order valence-corrected chi connectivity index (χ1v) is 9.55. The molecule has 152 valence electrons. The van der Waals surface area contributed by atoms with E-state index >= 15 is 0 Å². The van der Waals surface area contributed by atoms with Crippen LogP contribution in [0.4, 0.5) is 0 Å². The molecule has 2 rings (SSSR count). The summed E-state index contributed by atoms with van der Waals surface area (Å²) in [4.78, 5) is 12.9. The van der Waals surface area contributed by atoms with E-state index in [1.54, 1.807) is 19.2 Å². The number of hydrogen-bond acceptors (Lipinski definition) is 5. The van der Waals surface area contributed by atoms with E-state index in [2.05, 4.69) is 5.32 Å². The van der Waals surface area contributed by atoms with Gasteiger partial charge in [0, 0.05) is 11.1 Å². The maximum absolute atomic E-state index is 12.9. The van der Waals surface area contributed by atoms with Crippen LogP contribution in [0.2, 0.25) is 0 Å². The molecule has 0 saturated carbocycles. The molecule has 0 aliphatic carbocycles. The molecule has 0 saturated heterocycles. The monoisotopic (exact) mass is 387 g/mol. The predicted octanol–water partition coefficient (Wildman–Crippen LogP) is 4.38. The lowest BCUT2D eigenvalue weighted by molar-refractivity contribution is 0.0938. The van der Waals surface area contributed by atoms with Crippen LogP contribution < -0.4 is 24.3 Å². The summed E-state index contributed by atoms with van der Waals surface area (Å²) in [7, 11) is 1.61. The average molecular weight is 387 g/mol. The van der Waals surface area contributed by atoms with E-state index < -0.39 is 0 Å². The Kier molecular flexibility index (Phi) is 7.99. The second-order valence-electron chi connectivity index (χ2n) is 6.04. The molecule has 2 aromatic rings. The molecule has 0 aliphatic rings. The molecule has 6 nitrogen and oxygen atoms in total. The highest BCUT2D eigenvalue weighted by Crippen LogP contribution is 2.39. The largest absolute Gasteiger partial charge is 0.496 e. The lowest BCUT2D eigenvalue weighted by atomic mass is 10.1. The topological polar surface area (TPSA) is 66.0 Å². The summed E-state index contributed by atoms with van der Waals surface area (Å²) in [6.07, 6.45) is 0. The molecular formula is C22H29NO5. The van der Waals surface area contributed by atoms with Gasteiger partial charge in [0.15, 0.2) is 11.5 Å². The lowest BCUT2D eigenvalue weighted by Crippen LogP contribution is -2.27. The molecular weight excluding hydrogens is 358 g/mol. The first kappa shape index (κ1) is 21.4. The zero-order valence-electron chi connectivity index (χ0n) is 17.2. The summed E-state index contributed by atoms with van der Waals surface area (Å²) in [6.45, 7) is 8.94. The molecule has 2 aromatic carbocycles. The highest BCUT2D eigenvalue weighted by Gasteiger charge is 2.20. The number of rotatable bonds is 10. The second-order valence-corrected chi connectivity index (χ2v) is 6.04. The minimum Gasteiger partial charge on any atom is -0.496 e. The minimum atomic E-state index is -0.235. The Morgan fingerprint density at radius 1 is 0.929 bits per heavy atom. The van der Waals surface area contributed by atoms with Crippen LogP contribution in [0.1, 0.15) is 49.7 Å². The van der Waals surface area contributed by atoms with E-state index in [-0.39, 0.29) is 11.9 Å². The first-order chi connectivity index (χ1) is 13.5. The van der Waals surface area contributed by atoms with Gasteiger partial charge in [-0.1, -0.05) is 18.2 Å². The Hall–Kier alpha value is -2.89. The fourth-order valence-electron chi connectivity index (χ4n) is 2.90. The standard InChI is InChI=1S/C22H29NO5/c1-6-26-19-13-16(14-20(27-7-2)21(19)28-8-3)22(24)23-15(4)17-11-9-10-12-18(17)25-5/h9-15H,6-8H2,1-5H3,(H,23,24)/t15-/m0/s1. The highest BCUT2D eigenvalue weighted by atomic mass is 16.5. The van der Waals surface area contributed by atoms with Crippen LogP contribution in [0.3, 0.4) is 0 Å². The van der Waals surface area contributed by atoms with Gasteiger partial charge in [-0.25, -0.2) is 0 Å². The number of methoxy groups -OCH3 is 1. The lowest BCUT2D eigenvalue weighted by Gasteiger charge is -2.19. The van der Waals surface area contributed by atoms with Gasteiger partial charge in [0.25, 0.3) is 5.91 Å². The number of para-hydroxylation sites is 1. The van der Waals surface area contributed by atoms with Crippen molar-refractivity contribution in [3.05, 3.63) is 47.5 Å². The van der Waals surface area contributed by atoms with E-state index in [1.165, 1.54) is 0 Å². The fourth-order valence-corrected chi connectivity index (χ4v) is 2.90. The van der Waals surface area contributed by atoms with Gasteiger partial charge in [-0.2, -0.15) is 0 Å². The Bertz CT molecular complexity index is 763. The molecule has 0 fully saturated rings. The summed E-state index contributed by atoms with van der Waals surface area (Å²) >= 11 is 0. The van der Waals surface area contributed by atoms with E-state index in [9.17, 15) is 4.79 Å². The molecule has 6 heteroatoms. The molecule has 28 heavy (non-hydrogen) atoms. The van der Waals surface area contributed by atoms with Crippen molar-refractivity contribution in [3.63, 3.8) is 0 Å². The van der Waals surface area contributed by atoms with Crippen molar-refractivity contribution in [2.75, 3.05) is 26.9 Å². The minimum absolute atomic E-state index is 0.233. The van der Waals surface area contributed by atoms with Crippen LogP contribution in [0.5, 0.6) is 23.0 Å². The zero-order valence-corrected chi connectivity index (χ0v) is 17.2. The normalized spacial score (nSPS) is 11.5. The van der Waals surface area contributed by atoms with Crippen molar-refractivity contribution >= 4 is 5.91 Å². The van der Waals surface area contributed by atoms with Crippen molar-refractivity contribution in [1.29, 1.82) is 0 Å². The van der Waals surface area contributed by atoms with Crippen molar-refractivity contribution < 1.29 is 23.7 Å². The summed E-state index contributed by atoms with van der Waals surface area (Å²) in [5, 5.41) is 3.01. The molecule has 0 aliphatic heterocycles. The summed E-state index contributed by atoms with van der Waals surface area (Å²) in [5.74, 6) is 1.99. The maximum atomic E-state index is 12.9. The molecule has 1 atom stereocenters. The van der Waals surface area contributed by atoms with Gasteiger partial charge in [-0.15, -0.1) is 0 Å². The Morgan fingerprint density at radius 2 is 1.50 bits per heavy atom. The Labute approximate surface area is 166 Å². The summed E-state index contributed by atoms with van der Waals surface area (Å²) in [5.41, 5.74) is 1.34. The van der Waals surface area contributed by atoms with Crippen molar-refractivity contribution in [3.8, 4) is 23.0 Å². The van der Waals surface area contributed by atoms with Crippen LogP contribution >= 0.6 is 0 Å². The number of amides is 1. The van der Waals surface area contributed by atoms with Crippen LogP contribution in [-0.4, -0.2) is 32.8 Å². The third-order valence-electron chi connectivity index (χ3n) is 4.12. The number of ether oxygens (including phenoxy) is 4. The summed E-state index contributed by atoms with van der Waals surface area (Å²) < 4.78 is 22.5. The third-order valence-corrected chi connectivity index (χ3v) is 4.12. The van der Waals surface area contributed by atoms with E-state index in [0.717, 1.165) is 11.3 Å². The number of nitrogens with one attached hydrogen (secondary N) is 1. The van der Waals surface area contributed by atoms with Crippen molar-refractivity contribution in [1.82, 2.24) is 5.32 Å². The van der Waals surface area contributed by atoms with Gasteiger partial charge in [0.1, 0.15) is 5.75 Å². The Balaban J connectivity index is 2.33.